The van der Waals surface area contributed by atoms with Gasteiger partial charge in [-0.25, -0.2) is 0 Å². The molecule has 1 heterocycles. The molecule has 0 bridgehead atoms. The van der Waals surface area contributed by atoms with Gasteiger partial charge in [0.15, 0.2) is 0 Å². The molecule has 0 aliphatic carbocycles. The quantitative estimate of drug-likeness (QED) is 0.797. The van der Waals surface area contributed by atoms with Crippen molar-refractivity contribution < 1.29 is 14.3 Å². The number of carbonyl (C=O) groups is 1. The van der Waals surface area contributed by atoms with Crippen LogP contribution in [0.15, 0.2) is 30.4 Å². The van der Waals surface area contributed by atoms with Gasteiger partial charge in [-0.05, 0) is 6.92 Å². The Hall–Kier alpha value is -1.77. The molecule has 0 aromatic carbocycles. The molecule has 0 saturated carbocycles. The van der Waals surface area contributed by atoms with E-state index < -0.39 is 5.97 Å². The molecule has 0 spiro atoms. The van der Waals surface area contributed by atoms with E-state index >= 15 is 0 Å². The first-order valence-corrected chi connectivity index (χ1v) is 5.06. The highest BCUT2D eigenvalue weighted by atomic mass is 16.4. The predicted molar refractivity (Wildman–Crippen MR) is 67.5 cm³/mol. The predicted octanol–water partition coefficient (Wildman–Crippen LogP) is 3.69. The number of carboxylic acids is 1. The molecular formula is C13H20O3. The molecule has 1 aromatic rings. The summed E-state index contributed by atoms with van der Waals surface area (Å²) in [6.07, 6.45) is 3.05. The third kappa shape index (κ3) is 5.20. The van der Waals surface area contributed by atoms with E-state index in [1.807, 2.05) is 13.8 Å². The smallest absolute Gasteiger partial charge is 0.307 e. The maximum atomic E-state index is 10.4. The molecular weight excluding hydrogens is 204 g/mol. The number of furan rings is 1. The molecule has 90 valence electrons. The summed E-state index contributed by atoms with van der Waals surface area (Å²) < 4.78 is 5.05. The molecule has 16 heavy (non-hydrogen) atoms. The molecule has 1 aromatic heterocycles. The van der Waals surface area contributed by atoms with Crippen LogP contribution in [0.4, 0.5) is 0 Å². The summed E-state index contributed by atoms with van der Waals surface area (Å²) in [6.45, 7) is 15.4. The van der Waals surface area contributed by atoms with Gasteiger partial charge in [-0.1, -0.05) is 26.5 Å². The summed E-state index contributed by atoms with van der Waals surface area (Å²) in [5.41, 5.74) is 1.47. The van der Waals surface area contributed by atoms with Crippen LogP contribution in [-0.4, -0.2) is 11.1 Å². The summed E-state index contributed by atoms with van der Waals surface area (Å²) in [7, 11) is 0. The summed E-state index contributed by atoms with van der Waals surface area (Å²) in [4.78, 5) is 10.4. The highest BCUT2D eigenvalue weighted by molar-refractivity contribution is 5.72. The second kappa shape index (κ2) is 9.77. The van der Waals surface area contributed by atoms with E-state index in [-0.39, 0.29) is 6.42 Å². The lowest BCUT2D eigenvalue weighted by atomic mass is 10.1. The standard InChI is InChI=1S/C9H10O3.C2H6.C2H4/c1-3-8-6(2)12-5-7(8)4-9(10)11;2*1-2/h3,5H,1,4H2,2H3,(H,10,11);1-2H3;1-2H2. The van der Waals surface area contributed by atoms with E-state index in [0.29, 0.717) is 11.3 Å². The van der Waals surface area contributed by atoms with Crippen molar-refractivity contribution in [2.24, 2.45) is 0 Å². The van der Waals surface area contributed by atoms with Gasteiger partial charge in [0.25, 0.3) is 0 Å². The Morgan fingerprint density at radius 2 is 2.00 bits per heavy atom. The average molecular weight is 224 g/mol. The van der Waals surface area contributed by atoms with E-state index in [1.165, 1.54) is 6.26 Å². The van der Waals surface area contributed by atoms with Crippen LogP contribution in [0.2, 0.25) is 0 Å². The minimum atomic E-state index is -0.862. The SMILES string of the molecule is C=C.C=Cc1c(CC(=O)O)coc1C.CC. The summed E-state index contributed by atoms with van der Waals surface area (Å²) >= 11 is 0. The molecule has 0 saturated heterocycles. The molecule has 0 amide bonds. The average Bonchev–Trinajstić information content (AvgIpc) is 2.64. The van der Waals surface area contributed by atoms with Crippen molar-refractivity contribution in [2.45, 2.75) is 27.2 Å². The topological polar surface area (TPSA) is 50.4 Å². The van der Waals surface area contributed by atoms with Crippen molar-refractivity contribution in [1.82, 2.24) is 0 Å². The summed E-state index contributed by atoms with van der Waals surface area (Å²) in [5.74, 6) is -0.153. The van der Waals surface area contributed by atoms with Gasteiger partial charge in [0.2, 0.25) is 0 Å². The number of rotatable bonds is 3. The van der Waals surface area contributed by atoms with E-state index in [9.17, 15) is 4.79 Å². The normalized spacial score (nSPS) is 7.94. The Kier molecular flexibility index (Phi) is 10.2. The largest absolute Gasteiger partial charge is 0.481 e. The van der Waals surface area contributed by atoms with Crippen molar-refractivity contribution in [2.75, 3.05) is 0 Å². The van der Waals surface area contributed by atoms with E-state index in [4.69, 9.17) is 9.52 Å². The van der Waals surface area contributed by atoms with Crippen molar-refractivity contribution in [3.05, 3.63) is 42.9 Å². The van der Waals surface area contributed by atoms with Gasteiger partial charge in [0.1, 0.15) is 5.76 Å². The van der Waals surface area contributed by atoms with Crippen LogP contribution in [0.5, 0.6) is 0 Å². The molecule has 1 rings (SSSR count). The minimum absolute atomic E-state index is 0.0152. The van der Waals surface area contributed by atoms with Crippen LogP contribution < -0.4 is 0 Å². The zero-order valence-corrected chi connectivity index (χ0v) is 10.2. The zero-order chi connectivity index (χ0) is 13.1. The Bertz CT molecular complexity index is 324. The molecule has 0 radical (unpaired) electrons. The second-order valence-corrected chi connectivity index (χ2v) is 2.51. The fourth-order valence-corrected chi connectivity index (χ4v) is 1.09. The Balaban J connectivity index is 0. The number of aryl methyl sites for hydroxylation is 1. The fraction of sp³-hybridized carbons (Fsp3) is 0.308. The first-order valence-electron chi connectivity index (χ1n) is 5.06. The van der Waals surface area contributed by atoms with E-state index in [2.05, 4.69) is 19.7 Å². The van der Waals surface area contributed by atoms with Crippen LogP contribution in [-0.2, 0) is 11.2 Å². The van der Waals surface area contributed by atoms with E-state index in [0.717, 1.165) is 5.56 Å². The number of aliphatic carboxylic acids is 1. The van der Waals surface area contributed by atoms with Crippen LogP contribution >= 0.6 is 0 Å². The van der Waals surface area contributed by atoms with Crippen LogP contribution in [0.25, 0.3) is 6.08 Å². The van der Waals surface area contributed by atoms with Gasteiger partial charge >= 0.3 is 5.97 Å². The number of hydrogen-bond donors (Lipinski definition) is 1. The van der Waals surface area contributed by atoms with Crippen molar-refractivity contribution in [1.29, 1.82) is 0 Å². The van der Waals surface area contributed by atoms with Crippen molar-refractivity contribution >= 4 is 12.0 Å². The number of carboxylic acid groups (broad SMARTS) is 1. The van der Waals surface area contributed by atoms with Gasteiger partial charge < -0.3 is 9.52 Å². The van der Waals surface area contributed by atoms with Crippen LogP contribution in [0.3, 0.4) is 0 Å². The van der Waals surface area contributed by atoms with Crippen molar-refractivity contribution in [3.8, 4) is 0 Å². The molecule has 0 unspecified atom stereocenters. The van der Waals surface area contributed by atoms with Gasteiger partial charge in [0, 0.05) is 11.1 Å². The molecule has 1 N–H and O–H groups in total. The molecule has 0 aliphatic heterocycles. The van der Waals surface area contributed by atoms with Gasteiger partial charge in [0.05, 0.1) is 12.7 Å². The lowest BCUT2D eigenvalue weighted by Gasteiger charge is -1.93. The van der Waals surface area contributed by atoms with Gasteiger partial charge in [-0.3, -0.25) is 4.79 Å². The third-order valence-corrected chi connectivity index (χ3v) is 1.65. The molecule has 3 heteroatoms. The monoisotopic (exact) mass is 224 g/mol. The lowest BCUT2D eigenvalue weighted by Crippen LogP contribution is -1.99. The second-order valence-electron chi connectivity index (χ2n) is 2.51. The van der Waals surface area contributed by atoms with Crippen molar-refractivity contribution in [3.63, 3.8) is 0 Å². The Morgan fingerprint density at radius 1 is 1.50 bits per heavy atom. The summed E-state index contributed by atoms with van der Waals surface area (Å²) in [6, 6.07) is 0. The Morgan fingerprint density at radius 3 is 2.38 bits per heavy atom. The van der Waals surface area contributed by atoms with Gasteiger partial charge in [-0.2, -0.15) is 0 Å². The molecule has 0 aliphatic rings. The maximum Gasteiger partial charge on any atom is 0.307 e. The maximum absolute atomic E-state index is 10.4. The molecule has 3 nitrogen and oxygen atoms in total. The molecule has 0 atom stereocenters. The third-order valence-electron chi connectivity index (χ3n) is 1.65. The molecule has 0 fully saturated rings. The first-order chi connectivity index (χ1) is 7.65. The zero-order valence-electron chi connectivity index (χ0n) is 10.2. The fourth-order valence-electron chi connectivity index (χ4n) is 1.09. The van der Waals surface area contributed by atoms with Crippen LogP contribution in [0, 0.1) is 6.92 Å². The van der Waals surface area contributed by atoms with Crippen LogP contribution in [0.1, 0.15) is 30.7 Å². The minimum Gasteiger partial charge on any atom is -0.481 e. The lowest BCUT2D eigenvalue weighted by molar-refractivity contribution is -0.136. The summed E-state index contributed by atoms with van der Waals surface area (Å²) in [5, 5.41) is 8.52. The Labute approximate surface area is 97.1 Å². The van der Waals surface area contributed by atoms with E-state index in [1.54, 1.807) is 13.0 Å². The first kappa shape index (κ1) is 16.7. The van der Waals surface area contributed by atoms with Gasteiger partial charge in [-0.15, -0.1) is 13.2 Å². The number of hydrogen-bond acceptors (Lipinski definition) is 2. The highest BCUT2D eigenvalue weighted by Crippen LogP contribution is 2.17. The highest BCUT2D eigenvalue weighted by Gasteiger charge is 2.09.